The molecule has 0 fully saturated rings. The molecule has 4 heteroatoms. The lowest BCUT2D eigenvalue weighted by atomic mass is 10.0. The van der Waals surface area contributed by atoms with Gasteiger partial charge in [-0.1, -0.05) is 38.1 Å². The largest absolute Gasteiger partial charge is 0.309 e. The maximum absolute atomic E-state index is 13.1. The summed E-state index contributed by atoms with van der Waals surface area (Å²) in [7, 11) is 0. The van der Waals surface area contributed by atoms with E-state index in [1.807, 2.05) is 12.1 Å². The van der Waals surface area contributed by atoms with Gasteiger partial charge in [0.15, 0.2) is 17.5 Å². The van der Waals surface area contributed by atoms with Gasteiger partial charge >= 0.3 is 0 Å². The topological polar surface area (TPSA) is 12.0 Å². The van der Waals surface area contributed by atoms with Crippen molar-refractivity contribution in [3.8, 4) is 0 Å². The second-order valence-corrected chi connectivity index (χ2v) is 5.37. The zero-order chi connectivity index (χ0) is 15.4. The molecule has 0 aliphatic rings. The van der Waals surface area contributed by atoms with Crippen LogP contribution in [0.15, 0.2) is 36.4 Å². The van der Waals surface area contributed by atoms with Gasteiger partial charge in [-0.3, -0.25) is 0 Å². The van der Waals surface area contributed by atoms with Crippen molar-refractivity contribution in [2.75, 3.05) is 0 Å². The van der Waals surface area contributed by atoms with Crippen molar-refractivity contribution in [3.63, 3.8) is 0 Å². The SMILES string of the molecule is CC(C)c1ccc(CNCc2cc(F)c(F)c(F)c2)cc1. The third kappa shape index (κ3) is 4.08. The summed E-state index contributed by atoms with van der Waals surface area (Å²) in [6.45, 7) is 5.12. The van der Waals surface area contributed by atoms with Gasteiger partial charge in [-0.25, -0.2) is 13.2 Å². The lowest BCUT2D eigenvalue weighted by molar-refractivity contribution is 0.444. The van der Waals surface area contributed by atoms with E-state index >= 15 is 0 Å². The van der Waals surface area contributed by atoms with Crippen LogP contribution in [-0.2, 0) is 13.1 Å². The molecule has 0 aliphatic heterocycles. The van der Waals surface area contributed by atoms with Gasteiger partial charge in [-0.05, 0) is 34.7 Å². The van der Waals surface area contributed by atoms with Crippen molar-refractivity contribution in [2.45, 2.75) is 32.9 Å². The van der Waals surface area contributed by atoms with E-state index in [4.69, 9.17) is 0 Å². The Labute approximate surface area is 122 Å². The molecule has 0 radical (unpaired) electrons. The minimum atomic E-state index is -1.43. The van der Waals surface area contributed by atoms with Crippen LogP contribution in [0.5, 0.6) is 0 Å². The molecule has 0 heterocycles. The van der Waals surface area contributed by atoms with Gasteiger partial charge in [-0.2, -0.15) is 0 Å². The van der Waals surface area contributed by atoms with Crippen LogP contribution in [0.2, 0.25) is 0 Å². The molecular formula is C17H18F3N. The molecular weight excluding hydrogens is 275 g/mol. The molecule has 2 rings (SSSR count). The Morgan fingerprint density at radius 2 is 1.38 bits per heavy atom. The zero-order valence-electron chi connectivity index (χ0n) is 12.1. The average Bonchev–Trinajstić information content (AvgIpc) is 2.45. The van der Waals surface area contributed by atoms with Crippen LogP contribution in [0.1, 0.15) is 36.5 Å². The third-order valence-corrected chi connectivity index (χ3v) is 3.35. The van der Waals surface area contributed by atoms with Crippen molar-refractivity contribution in [3.05, 3.63) is 70.5 Å². The molecule has 0 saturated carbocycles. The molecule has 1 N–H and O–H groups in total. The van der Waals surface area contributed by atoms with E-state index in [0.29, 0.717) is 18.0 Å². The van der Waals surface area contributed by atoms with Crippen molar-refractivity contribution in [1.82, 2.24) is 5.32 Å². The fourth-order valence-electron chi connectivity index (χ4n) is 2.08. The van der Waals surface area contributed by atoms with Crippen LogP contribution >= 0.6 is 0 Å². The van der Waals surface area contributed by atoms with Gasteiger partial charge in [0, 0.05) is 13.1 Å². The lowest BCUT2D eigenvalue weighted by Crippen LogP contribution is -2.13. The number of hydrogen-bond acceptors (Lipinski definition) is 1. The Morgan fingerprint density at radius 3 is 1.90 bits per heavy atom. The van der Waals surface area contributed by atoms with E-state index in [1.54, 1.807) is 0 Å². The summed E-state index contributed by atoms with van der Waals surface area (Å²) in [4.78, 5) is 0. The van der Waals surface area contributed by atoms with Crippen molar-refractivity contribution in [1.29, 1.82) is 0 Å². The van der Waals surface area contributed by atoms with E-state index in [2.05, 4.69) is 31.3 Å². The molecule has 0 spiro atoms. The molecule has 0 atom stereocenters. The Kier molecular flexibility index (Phi) is 5.02. The number of nitrogens with one attached hydrogen (secondary N) is 1. The normalized spacial score (nSPS) is 11.1. The van der Waals surface area contributed by atoms with Crippen LogP contribution in [0, 0.1) is 17.5 Å². The molecule has 112 valence electrons. The van der Waals surface area contributed by atoms with E-state index in [9.17, 15) is 13.2 Å². The van der Waals surface area contributed by atoms with E-state index in [0.717, 1.165) is 17.7 Å². The second-order valence-electron chi connectivity index (χ2n) is 5.37. The third-order valence-electron chi connectivity index (χ3n) is 3.35. The molecule has 0 unspecified atom stereocenters. The first-order valence-corrected chi connectivity index (χ1v) is 6.90. The van der Waals surface area contributed by atoms with Gasteiger partial charge in [-0.15, -0.1) is 0 Å². The number of rotatable bonds is 5. The van der Waals surface area contributed by atoms with Crippen LogP contribution in [0.4, 0.5) is 13.2 Å². The predicted molar refractivity (Wildman–Crippen MR) is 77.4 cm³/mol. The first-order valence-electron chi connectivity index (χ1n) is 6.90. The highest BCUT2D eigenvalue weighted by Crippen LogP contribution is 2.15. The van der Waals surface area contributed by atoms with Crippen LogP contribution < -0.4 is 5.32 Å². The number of hydrogen-bond donors (Lipinski definition) is 1. The summed E-state index contributed by atoms with van der Waals surface area (Å²) in [6.07, 6.45) is 0. The fraction of sp³-hybridized carbons (Fsp3) is 0.294. The summed E-state index contributed by atoms with van der Waals surface area (Å²) in [5.41, 5.74) is 2.73. The maximum Gasteiger partial charge on any atom is 0.194 e. The molecule has 0 saturated heterocycles. The van der Waals surface area contributed by atoms with E-state index < -0.39 is 17.5 Å². The van der Waals surface area contributed by atoms with Gasteiger partial charge in [0.1, 0.15) is 0 Å². The van der Waals surface area contributed by atoms with Gasteiger partial charge in [0.2, 0.25) is 0 Å². The standard InChI is InChI=1S/C17H18F3N/c1-11(2)14-5-3-12(4-6-14)9-21-10-13-7-15(18)17(20)16(19)8-13/h3-8,11,21H,9-10H2,1-2H3. The Hall–Kier alpha value is -1.81. The number of benzene rings is 2. The first kappa shape index (κ1) is 15.6. The van der Waals surface area contributed by atoms with Gasteiger partial charge in [0.25, 0.3) is 0 Å². The van der Waals surface area contributed by atoms with Crippen molar-refractivity contribution < 1.29 is 13.2 Å². The van der Waals surface area contributed by atoms with Crippen LogP contribution in [-0.4, -0.2) is 0 Å². The Morgan fingerprint density at radius 1 is 0.857 bits per heavy atom. The summed E-state index contributed by atoms with van der Waals surface area (Å²) in [6, 6.07) is 10.2. The molecule has 21 heavy (non-hydrogen) atoms. The molecule has 2 aromatic carbocycles. The van der Waals surface area contributed by atoms with Gasteiger partial charge < -0.3 is 5.32 Å². The van der Waals surface area contributed by atoms with Crippen molar-refractivity contribution >= 4 is 0 Å². The van der Waals surface area contributed by atoms with Crippen LogP contribution in [0.25, 0.3) is 0 Å². The minimum absolute atomic E-state index is 0.278. The van der Waals surface area contributed by atoms with Crippen LogP contribution in [0.3, 0.4) is 0 Å². The van der Waals surface area contributed by atoms with Crippen molar-refractivity contribution in [2.24, 2.45) is 0 Å². The molecule has 1 nitrogen and oxygen atoms in total. The molecule has 0 amide bonds. The highest BCUT2D eigenvalue weighted by molar-refractivity contribution is 5.25. The smallest absolute Gasteiger partial charge is 0.194 e. The molecule has 2 aromatic rings. The molecule has 0 aromatic heterocycles. The van der Waals surface area contributed by atoms with Gasteiger partial charge in [0.05, 0.1) is 0 Å². The zero-order valence-corrected chi connectivity index (χ0v) is 12.1. The summed E-state index contributed by atoms with van der Waals surface area (Å²) < 4.78 is 39.0. The first-order chi connectivity index (χ1) is 9.97. The monoisotopic (exact) mass is 293 g/mol. The minimum Gasteiger partial charge on any atom is -0.309 e. The summed E-state index contributed by atoms with van der Waals surface area (Å²) in [5, 5.41) is 3.08. The second kappa shape index (κ2) is 6.76. The Bertz CT molecular complexity index is 583. The predicted octanol–water partition coefficient (Wildman–Crippen LogP) is 4.52. The average molecular weight is 293 g/mol. The highest BCUT2D eigenvalue weighted by atomic mass is 19.2. The van der Waals surface area contributed by atoms with E-state index in [-0.39, 0.29) is 6.54 Å². The molecule has 0 aliphatic carbocycles. The molecule has 0 bridgehead atoms. The number of halogens is 3. The quantitative estimate of drug-likeness (QED) is 0.799. The lowest BCUT2D eigenvalue weighted by Gasteiger charge is -2.09. The summed E-state index contributed by atoms with van der Waals surface area (Å²) in [5.74, 6) is -3.26. The Balaban J connectivity index is 1.92. The summed E-state index contributed by atoms with van der Waals surface area (Å²) >= 11 is 0. The fourth-order valence-corrected chi connectivity index (χ4v) is 2.08. The highest BCUT2D eigenvalue weighted by Gasteiger charge is 2.10. The van der Waals surface area contributed by atoms with E-state index in [1.165, 1.54) is 5.56 Å². The maximum atomic E-state index is 13.1.